The van der Waals surface area contributed by atoms with Crippen LogP contribution in [0.1, 0.15) is 43.7 Å². The smallest absolute Gasteiger partial charge is 0.226 e. The van der Waals surface area contributed by atoms with Crippen molar-refractivity contribution in [3.05, 3.63) is 36.2 Å². The summed E-state index contributed by atoms with van der Waals surface area (Å²) >= 11 is 0. The second-order valence-corrected chi connectivity index (χ2v) is 10.4. The Balaban J connectivity index is 1.20. The monoisotopic (exact) mass is 475 g/mol. The normalized spacial score (nSPS) is 19.5. The van der Waals surface area contributed by atoms with Crippen molar-refractivity contribution in [1.29, 1.82) is 0 Å². The molecular formula is C25H33N9O. The number of amides is 1. The van der Waals surface area contributed by atoms with Crippen LogP contribution in [0.25, 0.3) is 11.2 Å². The molecule has 0 radical (unpaired) electrons. The highest BCUT2D eigenvalue weighted by Gasteiger charge is 2.47. The lowest BCUT2D eigenvalue weighted by Gasteiger charge is -2.56. The lowest BCUT2D eigenvalue weighted by Crippen LogP contribution is -2.70. The maximum atomic E-state index is 11.2. The molecule has 5 N–H and O–H groups in total. The molecule has 0 unspecified atom stereocenters. The van der Waals surface area contributed by atoms with Gasteiger partial charge in [0.2, 0.25) is 11.9 Å². The Morgan fingerprint density at radius 3 is 2.60 bits per heavy atom. The highest BCUT2D eigenvalue weighted by Crippen LogP contribution is 2.35. The molecule has 3 aromatic rings. The van der Waals surface area contributed by atoms with E-state index in [2.05, 4.69) is 59.7 Å². The van der Waals surface area contributed by atoms with Crippen LogP contribution in [0.2, 0.25) is 0 Å². The molecule has 35 heavy (non-hydrogen) atoms. The first-order valence-corrected chi connectivity index (χ1v) is 12.6. The summed E-state index contributed by atoms with van der Waals surface area (Å²) in [7, 11) is 0. The summed E-state index contributed by atoms with van der Waals surface area (Å²) in [6, 6.07) is 8.95. The van der Waals surface area contributed by atoms with E-state index < -0.39 is 0 Å². The van der Waals surface area contributed by atoms with Crippen LogP contribution in [0.3, 0.4) is 0 Å². The molecule has 1 spiro atoms. The molecule has 6 rings (SSSR count). The molecule has 4 heterocycles. The molecule has 0 atom stereocenters. The van der Waals surface area contributed by atoms with Crippen molar-refractivity contribution in [2.24, 2.45) is 11.1 Å². The summed E-state index contributed by atoms with van der Waals surface area (Å²) in [6.07, 6.45) is 6.84. The van der Waals surface area contributed by atoms with E-state index in [-0.39, 0.29) is 12.3 Å². The van der Waals surface area contributed by atoms with Gasteiger partial charge in [-0.3, -0.25) is 9.69 Å². The summed E-state index contributed by atoms with van der Waals surface area (Å²) in [5, 5.41) is 9.99. The Morgan fingerprint density at radius 2 is 1.91 bits per heavy atom. The minimum atomic E-state index is -0.356. The molecule has 10 nitrogen and oxygen atoms in total. The Kier molecular flexibility index (Phi) is 5.77. The fourth-order valence-corrected chi connectivity index (χ4v) is 5.63. The van der Waals surface area contributed by atoms with Crippen LogP contribution in [0.15, 0.2) is 30.6 Å². The second kappa shape index (κ2) is 9.09. The predicted octanol–water partition coefficient (Wildman–Crippen LogP) is 2.38. The molecule has 1 amide bonds. The number of carbonyl (C=O) groups is 1. The van der Waals surface area contributed by atoms with Gasteiger partial charge in [0.05, 0.1) is 6.33 Å². The standard InChI is InChI=1S/C25H33N9O/c26-20(35)9-10-28-24-31-22(21-23(32-24)34(16-29-21)19-3-1-2-4-19)30-18-7-5-17(6-8-18)11-33-14-25(15-33)12-27-13-25/h5-8,16,19,27H,1-4,9-15H2,(H2,26,35)(H2,28,30,31,32). The van der Waals surface area contributed by atoms with Crippen molar-refractivity contribution in [3.8, 4) is 0 Å². The Bertz CT molecular complexity index is 1200. The number of aromatic nitrogens is 4. The van der Waals surface area contributed by atoms with Crippen molar-refractivity contribution in [1.82, 2.24) is 29.7 Å². The van der Waals surface area contributed by atoms with E-state index in [9.17, 15) is 4.79 Å². The average Bonchev–Trinajstić information content (AvgIpc) is 3.45. The van der Waals surface area contributed by atoms with Crippen molar-refractivity contribution < 1.29 is 4.79 Å². The highest BCUT2D eigenvalue weighted by molar-refractivity contribution is 5.86. The molecule has 3 fully saturated rings. The number of imidazole rings is 1. The first-order valence-electron chi connectivity index (χ1n) is 12.6. The van der Waals surface area contributed by atoms with Gasteiger partial charge in [-0.2, -0.15) is 9.97 Å². The molecule has 1 saturated carbocycles. The molecule has 2 aliphatic heterocycles. The van der Waals surface area contributed by atoms with Gasteiger partial charge in [0.15, 0.2) is 17.0 Å². The second-order valence-electron chi connectivity index (χ2n) is 10.4. The van der Waals surface area contributed by atoms with E-state index in [1.54, 1.807) is 0 Å². The lowest BCUT2D eigenvalue weighted by molar-refractivity contribution is -0.117. The lowest BCUT2D eigenvalue weighted by atomic mass is 9.74. The minimum Gasteiger partial charge on any atom is -0.370 e. The van der Waals surface area contributed by atoms with Crippen LogP contribution in [-0.2, 0) is 11.3 Å². The number of anilines is 3. The van der Waals surface area contributed by atoms with E-state index in [0.717, 1.165) is 49.3 Å². The van der Waals surface area contributed by atoms with Crippen LogP contribution < -0.4 is 21.7 Å². The van der Waals surface area contributed by atoms with E-state index in [1.165, 1.54) is 31.5 Å². The van der Waals surface area contributed by atoms with E-state index in [0.29, 0.717) is 29.8 Å². The summed E-state index contributed by atoms with van der Waals surface area (Å²) < 4.78 is 2.18. The Labute approximate surface area is 204 Å². The number of hydrogen-bond acceptors (Lipinski definition) is 8. The Hall–Kier alpha value is -3.24. The van der Waals surface area contributed by atoms with Gasteiger partial charge in [-0.15, -0.1) is 0 Å². The third-order valence-electron chi connectivity index (χ3n) is 7.53. The van der Waals surface area contributed by atoms with Gasteiger partial charge < -0.3 is 26.3 Å². The number of nitrogens with zero attached hydrogens (tertiary/aromatic N) is 5. The van der Waals surface area contributed by atoms with E-state index in [4.69, 9.17) is 10.7 Å². The first-order chi connectivity index (χ1) is 17.1. The Morgan fingerprint density at radius 1 is 1.14 bits per heavy atom. The maximum Gasteiger partial charge on any atom is 0.226 e. The fraction of sp³-hybridized carbons (Fsp3) is 0.520. The van der Waals surface area contributed by atoms with Gasteiger partial charge in [-0.05, 0) is 30.5 Å². The molecule has 2 saturated heterocycles. The minimum absolute atomic E-state index is 0.224. The molecule has 1 aliphatic carbocycles. The van der Waals surface area contributed by atoms with E-state index in [1.807, 2.05) is 6.33 Å². The van der Waals surface area contributed by atoms with Crippen LogP contribution in [0.4, 0.5) is 17.5 Å². The van der Waals surface area contributed by atoms with Gasteiger partial charge in [0.1, 0.15) is 0 Å². The number of primary amides is 1. The van der Waals surface area contributed by atoms with Crippen LogP contribution in [-0.4, -0.2) is 63.0 Å². The zero-order valence-corrected chi connectivity index (χ0v) is 20.0. The topological polar surface area (TPSA) is 126 Å². The summed E-state index contributed by atoms with van der Waals surface area (Å²) in [4.78, 5) is 27.8. The van der Waals surface area contributed by atoms with Crippen molar-refractivity contribution in [2.45, 2.75) is 44.7 Å². The maximum absolute atomic E-state index is 11.2. The molecular weight excluding hydrogens is 442 g/mol. The quantitative estimate of drug-likeness (QED) is 0.372. The van der Waals surface area contributed by atoms with Crippen molar-refractivity contribution in [2.75, 3.05) is 43.4 Å². The van der Waals surface area contributed by atoms with Crippen LogP contribution >= 0.6 is 0 Å². The number of benzene rings is 1. The predicted molar refractivity (Wildman–Crippen MR) is 135 cm³/mol. The van der Waals surface area contributed by atoms with Gasteiger partial charge in [0.25, 0.3) is 0 Å². The zero-order valence-electron chi connectivity index (χ0n) is 20.0. The van der Waals surface area contributed by atoms with Crippen LogP contribution in [0, 0.1) is 5.41 Å². The van der Waals surface area contributed by atoms with E-state index >= 15 is 0 Å². The van der Waals surface area contributed by atoms with Gasteiger partial charge >= 0.3 is 0 Å². The number of nitrogens with two attached hydrogens (primary N) is 1. The molecule has 3 aliphatic rings. The van der Waals surface area contributed by atoms with Gasteiger partial charge in [-0.25, -0.2) is 4.98 Å². The number of hydrogen-bond donors (Lipinski definition) is 4. The number of rotatable bonds is 9. The molecule has 184 valence electrons. The van der Waals surface area contributed by atoms with Crippen LogP contribution in [0.5, 0.6) is 0 Å². The molecule has 10 heteroatoms. The summed E-state index contributed by atoms with van der Waals surface area (Å²) in [5.41, 5.74) is 9.67. The van der Waals surface area contributed by atoms with Crippen molar-refractivity contribution >= 4 is 34.5 Å². The third-order valence-corrected chi connectivity index (χ3v) is 7.53. The van der Waals surface area contributed by atoms with Crippen molar-refractivity contribution in [3.63, 3.8) is 0 Å². The zero-order chi connectivity index (χ0) is 23.8. The van der Waals surface area contributed by atoms with Gasteiger partial charge in [0, 0.05) is 62.8 Å². The number of fused-ring (bicyclic) bond motifs is 1. The number of likely N-dealkylation sites (tertiary alicyclic amines) is 1. The molecule has 0 bridgehead atoms. The summed E-state index contributed by atoms with van der Waals surface area (Å²) in [5.74, 6) is 0.767. The number of carbonyl (C=O) groups excluding carboxylic acids is 1. The van der Waals surface area contributed by atoms with Gasteiger partial charge in [-0.1, -0.05) is 25.0 Å². The highest BCUT2D eigenvalue weighted by atomic mass is 16.1. The molecule has 1 aromatic carbocycles. The summed E-state index contributed by atoms with van der Waals surface area (Å²) in [6.45, 7) is 6.08. The third kappa shape index (κ3) is 4.55. The number of nitrogens with one attached hydrogen (secondary N) is 3. The SMILES string of the molecule is NC(=O)CCNc1nc(Nc2ccc(CN3CC4(CNC4)C3)cc2)c2ncn(C3CCCC3)c2n1. The largest absolute Gasteiger partial charge is 0.370 e. The fourth-order valence-electron chi connectivity index (χ4n) is 5.63. The average molecular weight is 476 g/mol. The molecule has 2 aromatic heterocycles. The first kappa shape index (κ1) is 22.2.